The predicted molar refractivity (Wildman–Crippen MR) is 71.2 cm³/mol. The van der Waals surface area contributed by atoms with Crippen molar-refractivity contribution in [3.63, 3.8) is 0 Å². The Balaban J connectivity index is 2.01. The Hall–Kier alpha value is -1.30. The summed E-state index contributed by atoms with van der Waals surface area (Å²) in [6.07, 6.45) is 0.393. The van der Waals surface area contributed by atoms with Gasteiger partial charge in [-0.05, 0) is 32.0 Å². The Morgan fingerprint density at radius 2 is 2.21 bits per heavy atom. The van der Waals surface area contributed by atoms with Crippen molar-refractivity contribution in [2.75, 3.05) is 13.2 Å². The molecule has 3 atom stereocenters. The fourth-order valence-corrected chi connectivity index (χ4v) is 2.33. The van der Waals surface area contributed by atoms with Gasteiger partial charge in [-0.15, -0.1) is 0 Å². The van der Waals surface area contributed by atoms with Crippen LogP contribution < -0.4 is 5.32 Å². The summed E-state index contributed by atoms with van der Waals surface area (Å²) in [4.78, 5) is 0. The Morgan fingerprint density at radius 1 is 1.47 bits per heavy atom. The number of benzene rings is 1. The fourth-order valence-electron chi connectivity index (χ4n) is 2.33. The lowest BCUT2D eigenvalue weighted by molar-refractivity contribution is -0.0274. The van der Waals surface area contributed by atoms with Crippen molar-refractivity contribution < 1.29 is 20.1 Å². The molecule has 1 aliphatic heterocycles. The zero-order valence-electron chi connectivity index (χ0n) is 11.3. The van der Waals surface area contributed by atoms with E-state index in [4.69, 9.17) is 4.74 Å². The summed E-state index contributed by atoms with van der Waals surface area (Å²) >= 11 is 0. The second-order valence-corrected chi connectivity index (χ2v) is 5.21. The third-order valence-corrected chi connectivity index (χ3v) is 3.85. The first-order chi connectivity index (χ1) is 8.92. The molecule has 0 radical (unpaired) electrons. The van der Waals surface area contributed by atoms with Crippen molar-refractivity contribution in [2.45, 2.75) is 38.0 Å². The van der Waals surface area contributed by atoms with Crippen LogP contribution >= 0.6 is 0 Å². The molecule has 2 rings (SSSR count). The van der Waals surface area contributed by atoms with E-state index in [-0.39, 0.29) is 23.6 Å². The SMILES string of the molecule is CC(NCC1(O)CCOC1C)c1cc(O)ccc1O. The Kier molecular flexibility index (Phi) is 3.99. The van der Waals surface area contributed by atoms with Gasteiger partial charge in [0, 0.05) is 31.2 Å². The molecule has 4 N–H and O–H groups in total. The minimum absolute atomic E-state index is 0.109. The summed E-state index contributed by atoms with van der Waals surface area (Å²) in [6.45, 7) is 4.67. The standard InChI is InChI=1S/C14H21NO4/c1-9(12-7-11(16)3-4-13(12)17)15-8-14(18)5-6-19-10(14)2/h3-4,7,9-10,15-18H,5-6,8H2,1-2H3. The normalized spacial score (nSPS) is 28.5. The number of aromatic hydroxyl groups is 2. The van der Waals surface area contributed by atoms with Gasteiger partial charge in [-0.3, -0.25) is 0 Å². The van der Waals surface area contributed by atoms with Gasteiger partial charge in [-0.1, -0.05) is 0 Å². The average molecular weight is 267 g/mol. The summed E-state index contributed by atoms with van der Waals surface area (Å²) in [5.41, 5.74) is -0.268. The summed E-state index contributed by atoms with van der Waals surface area (Å²) in [5, 5.41) is 32.8. The molecule has 3 unspecified atom stereocenters. The van der Waals surface area contributed by atoms with Gasteiger partial charge in [0.25, 0.3) is 0 Å². The van der Waals surface area contributed by atoms with E-state index in [0.717, 1.165) is 0 Å². The molecule has 5 heteroatoms. The molecule has 1 aromatic rings. The number of ether oxygens (including phenoxy) is 1. The lowest BCUT2D eigenvalue weighted by atomic mass is 9.95. The molecular formula is C14H21NO4. The van der Waals surface area contributed by atoms with Crippen LogP contribution in [0.25, 0.3) is 0 Å². The average Bonchev–Trinajstić information content (AvgIpc) is 2.70. The minimum Gasteiger partial charge on any atom is -0.508 e. The van der Waals surface area contributed by atoms with E-state index in [1.165, 1.54) is 18.2 Å². The largest absolute Gasteiger partial charge is 0.508 e. The zero-order chi connectivity index (χ0) is 14.0. The van der Waals surface area contributed by atoms with Crippen LogP contribution in [0, 0.1) is 0 Å². The summed E-state index contributed by atoms with van der Waals surface area (Å²) in [6, 6.07) is 4.24. The number of rotatable bonds is 4. The highest BCUT2D eigenvalue weighted by molar-refractivity contribution is 5.40. The van der Waals surface area contributed by atoms with Crippen molar-refractivity contribution in [2.24, 2.45) is 0 Å². The minimum atomic E-state index is -0.874. The van der Waals surface area contributed by atoms with Crippen LogP contribution in [0.4, 0.5) is 0 Å². The number of hydrogen-bond acceptors (Lipinski definition) is 5. The number of aliphatic hydroxyl groups is 1. The molecule has 0 bridgehead atoms. The van der Waals surface area contributed by atoms with Gasteiger partial charge < -0.3 is 25.4 Å². The zero-order valence-corrected chi connectivity index (χ0v) is 11.3. The molecule has 1 heterocycles. The number of phenols is 2. The van der Waals surface area contributed by atoms with Crippen LogP contribution in [0.2, 0.25) is 0 Å². The molecule has 106 valence electrons. The van der Waals surface area contributed by atoms with Crippen molar-refractivity contribution in [1.29, 1.82) is 0 Å². The molecule has 0 spiro atoms. The summed E-state index contributed by atoms with van der Waals surface area (Å²) in [7, 11) is 0. The van der Waals surface area contributed by atoms with E-state index in [0.29, 0.717) is 25.1 Å². The lowest BCUT2D eigenvalue weighted by Gasteiger charge is -2.28. The molecule has 19 heavy (non-hydrogen) atoms. The van der Waals surface area contributed by atoms with Gasteiger partial charge in [0.05, 0.1) is 6.10 Å². The molecule has 0 aliphatic carbocycles. The van der Waals surface area contributed by atoms with Crippen LogP contribution in [-0.4, -0.2) is 40.2 Å². The lowest BCUT2D eigenvalue weighted by Crippen LogP contribution is -2.46. The van der Waals surface area contributed by atoms with Crippen molar-refractivity contribution in [1.82, 2.24) is 5.32 Å². The van der Waals surface area contributed by atoms with E-state index in [1.807, 2.05) is 13.8 Å². The van der Waals surface area contributed by atoms with Gasteiger partial charge in [0.15, 0.2) is 0 Å². The second-order valence-electron chi connectivity index (χ2n) is 5.21. The van der Waals surface area contributed by atoms with E-state index in [9.17, 15) is 15.3 Å². The smallest absolute Gasteiger partial charge is 0.120 e. The first-order valence-corrected chi connectivity index (χ1v) is 6.51. The molecule has 0 aromatic heterocycles. The van der Waals surface area contributed by atoms with Gasteiger partial charge in [0.1, 0.15) is 17.1 Å². The van der Waals surface area contributed by atoms with Crippen LogP contribution in [0.1, 0.15) is 31.9 Å². The number of nitrogens with one attached hydrogen (secondary N) is 1. The molecule has 1 aromatic carbocycles. The van der Waals surface area contributed by atoms with Crippen molar-refractivity contribution >= 4 is 0 Å². The first kappa shape index (κ1) is 14.1. The van der Waals surface area contributed by atoms with Gasteiger partial charge >= 0.3 is 0 Å². The topological polar surface area (TPSA) is 82.0 Å². The van der Waals surface area contributed by atoms with Crippen LogP contribution in [-0.2, 0) is 4.74 Å². The predicted octanol–water partition coefficient (Wildman–Crippen LogP) is 1.29. The molecule has 1 fully saturated rings. The Labute approximate surface area is 112 Å². The maximum absolute atomic E-state index is 10.4. The fraction of sp³-hybridized carbons (Fsp3) is 0.571. The van der Waals surface area contributed by atoms with Gasteiger partial charge in [-0.25, -0.2) is 0 Å². The molecule has 5 nitrogen and oxygen atoms in total. The molecular weight excluding hydrogens is 246 g/mol. The van der Waals surface area contributed by atoms with Crippen molar-refractivity contribution in [3.05, 3.63) is 23.8 Å². The molecule has 0 amide bonds. The van der Waals surface area contributed by atoms with Crippen LogP contribution in [0.15, 0.2) is 18.2 Å². The van der Waals surface area contributed by atoms with E-state index in [2.05, 4.69) is 5.32 Å². The maximum atomic E-state index is 10.4. The van der Waals surface area contributed by atoms with Crippen LogP contribution in [0.5, 0.6) is 11.5 Å². The monoisotopic (exact) mass is 267 g/mol. The third-order valence-electron chi connectivity index (χ3n) is 3.85. The second kappa shape index (κ2) is 5.36. The quantitative estimate of drug-likeness (QED) is 0.618. The summed E-state index contributed by atoms with van der Waals surface area (Å²) < 4.78 is 5.37. The maximum Gasteiger partial charge on any atom is 0.120 e. The molecule has 0 saturated carbocycles. The highest BCUT2D eigenvalue weighted by atomic mass is 16.5. The highest BCUT2D eigenvalue weighted by Gasteiger charge is 2.39. The van der Waals surface area contributed by atoms with Gasteiger partial charge in [0.2, 0.25) is 0 Å². The van der Waals surface area contributed by atoms with E-state index >= 15 is 0 Å². The number of hydrogen-bond donors (Lipinski definition) is 4. The Morgan fingerprint density at radius 3 is 2.84 bits per heavy atom. The summed E-state index contributed by atoms with van der Waals surface area (Å²) in [5.74, 6) is 0.234. The molecule has 1 aliphatic rings. The first-order valence-electron chi connectivity index (χ1n) is 6.51. The number of phenolic OH excluding ortho intramolecular Hbond substituents is 2. The van der Waals surface area contributed by atoms with E-state index in [1.54, 1.807) is 0 Å². The van der Waals surface area contributed by atoms with E-state index < -0.39 is 5.60 Å². The third kappa shape index (κ3) is 3.00. The highest BCUT2D eigenvalue weighted by Crippen LogP contribution is 2.29. The Bertz CT molecular complexity index is 451. The van der Waals surface area contributed by atoms with Crippen molar-refractivity contribution in [3.8, 4) is 11.5 Å². The molecule has 1 saturated heterocycles. The van der Waals surface area contributed by atoms with Gasteiger partial charge in [-0.2, -0.15) is 0 Å². The van der Waals surface area contributed by atoms with Crippen LogP contribution in [0.3, 0.4) is 0 Å².